The maximum absolute atomic E-state index is 11.3. The SMILES string of the molecule is CC1(CN(CCS(C)(=O)=O)C2CC2)CCNC1.Cl. The van der Waals surface area contributed by atoms with Crippen molar-refractivity contribution in [1.82, 2.24) is 10.2 Å². The summed E-state index contributed by atoms with van der Waals surface area (Å²) in [6, 6.07) is 0.647. The molecule has 108 valence electrons. The highest BCUT2D eigenvalue weighted by Gasteiger charge is 2.36. The summed E-state index contributed by atoms with van der Waals surface area (Å²) in [5, 5.41) is 3.40. The summed E-state index contributed by atoms with van der Waals surface area (Å²) in [4.78, 5) is 2.40. The van der Waals surface area contributed by atoms with E-state index in [0.717, 1.165) is 19.6 Å². The average Bonchev–Trinajstić information content (AvgIpc) is 2.96. The van der Waals surface area contributed by atoms with Crippen molar-refractivity contribution in [3.63, 3.8) is 0 Å². The molecule has 1 saturated heterocycles. The summed E-state index contributed by atoms with van der Waals surface area (Å²) in [5.74, 6) is 0.299. The summed E-state index contributed by atoms with van der Waals surface area (Å²) in [7, 11) is -2.84. The molecule has 0 radical (unpaired) electrons. The number of halogens is 1. The van der Waals surface area contributed by atoms with Crippen LogP contribution in [0, 0.1) is 5.41 Å². The Balaban J connectivity index is 0.00000162. The first-order valence-corrected chi connectivity index (χ1v) is 8.57. The number of sulfone groups is 1. The first-order chi connectivity index (χ1) is 7.88. The van der Waals surface area contributed by atoms with Gasteiger partial charge in [0.05, 0.1) is 5.75 Å². The van der Waals surface area contributed by atoms with Crippen molar-refractivity contribution in [2.75, 3.05) is 38.2 Å². The van der Waals surface area contributed by atoms with Crippen LogP contribution in [0.2, 0.25) is 0 Å². The highest BCUT2D eigenvalue weighted by atomic mass is 35.5. The standard InChI is InChI=1S/C12H24N2O2S.ClH/c1-12(5-6-13-9-12)10-14(11-3-4-11)7-8-17(2,15)16;/h11,13H,3-10H2,1-2H3;1H. The highest BCUT2D eigenvalue weighted by Crippen LogP contribution is 2.32. The van der Waals surface area contributed by atoms with Crippen molar-refractivity contribution in [1.29, 1.82) is 0 Å². The maximum Gasteiger partial charge on any atom is 0.148 e. The van der Waals surface area contributed by atoms with Gasteiger partial charge in [-0.05, 0) is 31.2 Å². The largest absolute Gasteiger partial charge is 0.316 e. The topological polar surface area (TPSA) is 49.4 Å². The molecule has 2 fully saturated rings. The summed E-state index contributed by atoms with van der Waals surface area (Å²) >= 11 is 0. The molecule has 4 nitrogen and oxygen atoms in total. The molecule has 0 amide bonds. The van der Waals surface area contributed by atoms with E-state index < -0.39 is 9.84 Å². The zero-order valence-electron chi connectivity index (χ0n) is 11.3. The van der Waals surface area contributed by atoms with Crippen LogP contribution in [0.25, 0.3) is 0 Å². The van der Waals surface area contributed by atoms with Gasteiger partial charge in [0.25, 0.3) is 0 Å². The van der Waals surface area contributed by atoms with Gasteiger partial charge in [0.15, 0.2) is 0 Å². The van der Waals surface area contributed by atoms with Gasteiger partial charge >= 0.3 is 0 Å². The van der Waals surface area contributed by atoms with E-state index in [2.05, 4.69) is 17.1 Å². The molecule has 1 atom stereocenters. The Morgan fingerprint density at radius 1 is 1.39 bits per heavy atom. The van der Waals surface area contributed by atoms with E-state index in [-0.39, 0.29) is 12.4 Å². The van der Waals surface area contributed by atoms with Gasteiger partial charge in [0.1, 0.15) is 9.84 Å². The molecule has 1 aliphatic carbocycles. The second kappa shape index (κ2) is 6.07. The van der Waals surface area contributed by atoms with E-state index in [1.165, 1.54) is 25.5 Å². The van der Waals surface area contributed by atoms with Gasteiger partial charge in [0, 0.05) is 31.9 Å². The minimum Gasteiger partial charge on any atom is -0.316 e. The highest BCUT2D eigenvalue weighted by molar-refractivity contribution is 7.90. The molecule has 1 N–H and O–H groups in total. The van der Waals surface area contributed by atoms with Crippen molar-refractivity contribution < 1.29 is 8.42 Å². The molecule has 0 spiro atoms. The van der Waals surface area contributed by atoms with Crippen LogP contribution in [-0.2, 0) is 9.84 Å². The van der Waals surface area contributed by atoms with Crippen LogP contribution in [0.15, 0.2) is 0 Å². The molecule has 1 unspecified atom stereocenters. The van der Waals surface area contributed by atoms with Crippen molar-refractivity contribution in [2.24, 2.45) is 5.41 Å². The fourth-order valence-electron chi connectivity index (χ4n) is 2.61. The first kappa shape index (κ1) is 16.2. The Hall–Kier alpha value is 0.160. The Morgan fingerprint density at radius 2 is 2.06 bits per heavy atom. The summed E-state index contributed by atoms with van der Waals surface area (Å²) in [5.41, 5.74) is 0.333. The number of hydrogen-bond acceptors (Lipinski definition) is 4. The van der Waals surface area contributed by atoms with Crippen molar-refractivity contribution in [3.05, 3.63) is 0 Å². The normalized spacial score (nSPS) is 28.4. The second-order valence-corrected chi connectivity index (χ2v) is 8.33. The predicted molar refractivity (Wildman–Crippen MR) is 77.1 cm³/mol. The Kier molecular flexibility index (Phi) is 5.47. The van der Waals surface area contributed by atoms with Crippen LogP contribution in [0.3, 0.4) is 0 Å². The summed E-state index contributed by atoms with van der Waals surface area (Å²) < 4.78 is 22.5. The number of rotatable bonds is 6. The van der Waals surface area contributed by atoms with Crippen molar-refractivity contribution in [3.8, 4) is 0 Å². The molecule has 1 aliphatic heterocycles. The number of nitrogens with zero attached hydrogens (tertiary/aromatic N) is 1. The summed E-state index contributed by atoms with van der Waals surface area (Å²) in [6.45, 7) is 6.22. The third-order valence-electron chi connectivity index (χ3n) is 3.85. The molecule has 18 heavy (non-hydrogen) atoms. The average molecular weight is 297 g/mol. The molecule has 0 aromatic heterocycles. The summed E-state index contributed by atoms with van der Waals surface area (Å²) in [6.07, 6.45) is 5.02. The second-order valence-electron chi connectivity index (χ2n) is 6.07. The fraction of sp³-hybridized carbons (Fsp3) is 1.00. The molecule has 1 heterocycles. The van der Waals surface area contributed by atoms with Gasteiger partial charge in [-0.1, -0.05) is 6.92 Å². The van der Waals surface area contributed by atoms with Gasteiger partial charge in [-0.25, -0.2) is 8.42 Å². The molecule has 0 aromatic rings. The quantitative estimate of drug-likeness (QED) is 0.792. The third kappa shape index (κ3) is 5.03. The third-order valence-corrected chi connectivity index (χ3v) is 4.78. The Morgan fingerprint density at radius 3 is 2.50 bits per heavy atom. The minimum atomic E-state index is -2.84. The van der Waals surface area contributed by atoms with Crippen molar-refractivity contribution in [2.45, 2.75) is 32.2 Å². The number of hydrogen-bond donors (Lipinski definition) is 1. The molecular weight excluding hydrogens is 272 g/mol. The van der Waals surface area contributed by atoms with Gasteiger partial charge < -0.3 is 5.32 Å². The smallest absolute Gasteiger partial charge is 0.148 e. The zero-order valence-corrected chi connectivity index (χ0v) is 12.9. The molecule has 1 saturated carbocycles. The molecule has 0 aromatic carbocycles. The predicted octanol–water partition coefficient (Wildman–Crippen LogP) is 0.917. The molecule has 6 heteroatoms. The van der Waals surface area contributed by atoms with Crippen LogP contribution in [0.4, 0.5) is 0 Å². The lowest BCUT2D eigenvalue weighted by Gasteiger charge is -2.32. The van der Waals surface area contributed by atoms with Crippen LogP contribution >= 0.6 is 12.4 Å². The van der Waals surface area contributed by atoms with Gasteiger partial charge in [-0.2, -0.15) is 0 Å². The van der Waals surface area contributed by atoms with Crippen molar-refractivity contribution >= 4 is 22.2 Å². The van der Waals surface area contributed by atoms with Crippen LogP contribution < -0.4 is 5.32 Å². The van der Waals surface area contributed by atoms with Gasteiger partial charge in [-0.15, -0.1) is 12.4 Å². The van der Waals surface area contributed by atoms with E-state index in [4.69, 9.17) is 0 Å². The molecule has 2 rings (SSSR count). The fourth-order valence-corrected chi connectivity index (χ4v) is 3.17. The monoisotopic (exact) mass is 296 g/mol. The lowest BCUT2D eigenvalue weighted by Crippen LogP contribution is -2.41. The first-order valence-electron chi connectivity index (χ1n) is 6.51. The Labute approximate surface area is 117 Å². The minimum absolute atomic E-state index is 0. The van der Waals surface area contributed by atoms with Gasteiger partial charge in [-0.3, -0.25) is 4.90 Å². The van der Waals surface area contributed by atoms with E-state index in [1.807, 2.05) is 0 Å². The van der Waals surface area contributed by atoms with Crippen LogP contribution in [0.1, 0.15) is 26.2 Å². The van der Waals surface area contributed by atoms with E-state index in [9.17, 15) is 8.42 Å². The van der Waals surface area contributed by atoms with E-state index >= 15 is 0 Å². The lowest BCUT2D eigenvalue weighted by molar-refractivity contribution is 0.178. The molecule has 0 bridgehead atoms. The molecular formula is C12H25ClN2O2S. The number of nitrogens with one attached hydrogen (secondary N) is 1. The Bertz CT molecular complexity index is 362. The maximum atomic E-state index is 11.3. The lowest BCUT2D eigenvalue weighted by atomic mass is 9.89. The zero-order chi connectivity index (χ0) is 12.5. The van der Waals surface area contributed by atoms with Gasteiger partial charge in [0.2, 0.25) is 0 Å². The van der Waals surface area contributed by atoms with E-state index in [1.54, 1.807) is 0 Å². The van der Waals surface area contributed by atoms with Crippen LogP contribution in [-0.4, -0.2) is 57.5 Å². The molecule has 2 aliphatic rings. The van der Waals surface area contributed by atoms with E-state index in [0.29, 0.717) is 23.8 Å². The van der Waals surface area contributed by atoms with Crippen LogP contribution in [0.5, 0.6) is 0 Å².